The fraction of sp³-hybridized carbons (Fsp3) is 1.00. The summed E-state index contributed by atoms with van der Waals surface area (Å²) in [6.45, 7) is 1.56. The van der Waals surface area contributed by atoms with E-state index in [9.17, 15) is 0 Å². The van der Waals surface area contributed by atoms with Gasteiger partial charge in [0.25, 0.3) is 0 Å². The van der Waals surface area contributed by atoms with E-state index in [1.807, 2.05) is 0 Å². The summed E-state index contributed by atoms with van der Waals surface area (Å²) in [4.78, 5) is 8.44. The summed E-state index contributed by atoms with van der Waals surface area (Å²) in [5.74, 6) is 6.97. The average Bonchev–Trinajstić information content (AvgIpc) is 2.42. The summed E-state index contributed by atoms with van der Waals surface area (Å²) in [5, 5.41) is 0. The second-order valence-electron chi connectivity index (χ2n) is 11.0. The van der Waals surface area contributed by atoms with Crippen molar-refractivity contribution in [3.05, 3.63) is 0 Å². The van der Waals surface area contributed by atoms with Gasteiger partial charge in [-0.2, -0.15) is 0 Å². The minimum absolute atomic E-state index is 0.778. The Balaban J connectivity index is 0.000000267. The number of hydrogen-bond donors (Lipinski definition) is 0. The van der Waals surface area contributed by atoms with Crippen LogP contribution in [0.4, 0.5) is 0 Å². The minimum Gasteiger partial charge on any atom is -0.234 e. The largest absolute Gasteiger partial charge is 0.234 e. The van der Waals surface area contributed by atoms with E-state index in [1.54, 1.807) is 77.0 Å². The molecule has 8 aliphatic carbocycles. The van der Waals surface area contributed by atoms with Crippen LogP contribution in [0.5, 0.6) is 0 Å². The maximum absolute atomic E-state index is 4.22. The molecule has 2 nitrogen and oxygen atoms in total. The lowest BCUT2D eigenvalue weighted by molar-refractivity contribution is -0.382. The fourth-order valence-electron chi connectivity index (χ4n) is 9.60. The molecule has 1 saturated heterocycles. The van der Waals surface area contributed by atoms with E-state index in [4.69, 9.17) is 0 Å². The standard InChI is InChI=1S/C20H30.C2H4O2/c1-13-2-15-3-14(1)8-19(7-13,9-15)20-10-16-4-17(11-20)6-18(5-16)12-20;1-2-4-3-1/h13-18H,1-12H2;1-2H2. The highest BCUT2D eigenvalue weighted by atomic mass is 17.2. The van der Waals surface area contributed by atoms with Crippen LogP contribution < -0.4 is 0 Å². The molecule has 9 rings (SSSR count). The van der Waals surface area contributed by atoms with Gasteiger partial charge in [-0.3, -0.25) is 0 Å². The maximum atomic E-state index is 4.22. The van der Waals surface area contributed by atoms with E-state index in [0.717, 1.165) is 59.6 Å². The molecule has 0 unspecified atom stereocenters. The summed E-state index contributed by atoms with van der Waals surface area (Å²) in [6.07, 6.45) is 19.8. The Morgan fingerprint density at radius 2 is 0.625 bits per heavy atom. The van der Waals surface area contributed by atoms with Gasteiger partial charge in [-0.25, -0.2) is 9.78 Å². The minimum atomic E-state index is 0.778. The highest BCUT2D eigenvalue weighted by Crippen LogP contribution is 2.74. The Hall–Kier alpha value is -0.0800. The molecule has 0 atom stereocenters. The third-order valence-corrected chi connectivity index (χ3v) is 9.53. The smallest absolute Gasteiger partial charge is 0.109 e. The van der Waals surface area contributed by atoms with E-state index < -0.39 is 0 Å². The van der Waals surface area contributed by atoms with Crippen LogP contribution in [0.3, 0.4) is 0 Å². The van der Waals surface area contributed by atoms with Crippen molar-refractivity contribution >= 4 is 0 Å². The van der Waals surface area contributed by atoms with Gasteiger partial charge in [0.05, 0.1) is 0 Å². The first kappa shape index (κ1) is 15.0. The molecule has 0 radical (unpaired) electrons. The molecule has 2 heteroatoms. The van der Waals surface area contributed by atoms with E-state index in [-0.39, 0.29) is 0 Å². The third kappa shape index (κ3) is 2.14. The summed E-state index contributed by atoms with van der Waals surface area (Å²) >= 11 is 0. The van der Waals surface area contributed by atoms with Crippen LogP contribution in [0.1, 0.15) is 77.0 Å². The van der Waals surface area contributed by atoms with Gasteiger partial charge in [0.1, 0.15) is 13.2 Å². The van der Waals surface area contributed by atoms with Gasteiger partial charge >= 0.3 is 0 Å². The van der Waals surface area contributed by atoms with Crippen molar-refractivity contribution < 1.29 is 9.78 Å². The van der Waals surface area contributed by atoms with Gasteiger partial charge in [-0.15, -0.1) is 0 Å². The summed E-state index contributed by atoms with van der Waals surface area (Å²) in [6, 6.07) is 0. The van der Waals surface area contributed by atoms with Crippen molar-refractivity contribution in [2.45, 2.75) is 77.0 Å². The number of hydrogen-bond acceptors (Lipinski definition) is 2. The molecule has 9 fully saturated rings. The molecule has 0 aromatic carbocycles. The van der Waals surface area contributed by atoms with Gasteiger partial charge < -0.3 is 0 Å². The Labute approximate surface area is 147 Å². The Bertz CT molecular complexity index is 390. The topological polar surface area (TPSA) is 18.5 Å². The lowest BCUT2D eigenvalue weighted by Gasteiger charge is -2.70. The van der Waals surface area contributed by atoms with Crippen LogP contribution in [0.15, 0.2) is 0 Å². The van der Waals surface area contributed by atoms with E-state index in [0.29, 0.717) is 0 Å². The zero-order valence-electron chi connectivity index (χ0n) is 15.2. The van der Waals surface area contributed by atoms with Gasteiger partial charge in [0.2, 0.25) is 0 Å². The zero-order chi connectivity index (χ0) is 15.8. The lowest BCUT2D eigenvalue weighted by Crippen LogP contribution is -2.60. The second-order valence-corrected chi connectivity index (χ2v) is 11.0. The quantitative estimate of drug-likeness (QED) is 0.602. The molecule has 24 heavy (non-hydrogen) atoms. The Kier molecular flexibility index (Phi) is 3.27. The molecule has 0 aromatic heterocycles. The predicted octanol–water partition coefficient (Wildman–Crippen LogP) is 5.37. The molecule has 0 aromatic rings. The van der Waals surface area contributed by atoms with Crippen LogP contribution in [-0.2, 0) is 9.78 Å². The molecule has 0 spiro atoms. The van der Waals surface area contributed by atoms with Crippen molar-refractivity contribution in [2.24, 2.45) is 46.3 Å². The summed E-state index contributed by atoms with van der Waals surface area (Å²) in [5.41, 5.74) is 1.72. The van der Waals surface area contributed by atoms with Gasteiger partial charge in [0, 0.05) is 0 Å². The van der Waals surface area contributed by atoms with Crippen molar-refractivity contribution in [1.82, 2.24) is 0 Å². The number of rotatable bonds is 1. The molecule has 1 aliphatic heterocycles. The van der Waals surface area contributed by atoms with Crippen molar-refractivity contribution in [3.8, 4) is 0 Å². The third-order valence-electron chi connectivity index (χ3n) is 9.53. The van der Waals surface area contributed by atoms with E-state index in [1.165, 1.54) is 0 Å². The molecular formula is C22H34O2. The molecular weight excluding hydrogens is 296 g/mol. The SMILES string of the molecule is C1C2CC3CC1CC(C14CC5CC(CC(C5)C1)C4)(C2)C3.C1COO1. The average molecular weight is 331 g/mol. The first-order valence-corrected chi connectivity index (χ1v) is 11.0. The van der Waals surface area contributed by atoms with E-state index in [2.05, 4.69) is 9.78 Å². The van der Waals surface area contributed by atoms with Crippen LogP contribution >= 0.6 is 0 Å². The lowest BCUT2D eigenvalue weighted by atomic mass is 9.35. The zero-order valence-corrected chi connectivity index (χ0v) is 15.2. The van der Waals surface area contributed by atoms with Crippen LogP contribution in [0.2, 0.25) is 0 Å². The molecule has 134 valence electrons. The van der Waals surface area contributed by atoms with Crippen molar-refractivity contribution in [2.75, 3.05) is 13.2 Å². The first-order chi connectivity index (χ1) is 11.7. The summed E-state index contributed by atoms with van der Waals surface area (Å²) < 4.78 is 0. The van der Waals surface area contributed by atoms with Gasteiger partial charge in [-0.1, -0.05) is 0 Å². The normalized spacial score (nSPS) is 59.0. The highest BCUT2D eigenvalue weighted by Gasteiger charge is 2.64. The molecule has 8 saturated carbocycles. The van der Waals surface area contributed by atoms with Gasteiger partial charge in [-0.05, 0) is 123 Å². The molecule has 0 N–H and O–H groups in total. The Morgan fingerprint density at radius 3 is 0.792 bits per heavy atom. The van der Waals surface area contributed by atoms with Gasteiger partial charge in [0.15, 0.2) is 0 Å². The van der Waals surface area contributed by atoms with Crippen LogP contribution in [-0.4, -0.2) is 13.2 Å². The summed E-state index contributed by atoms with van der Waals surface area (Å²) in [7, 11) is 0. The first-order valence-electron chi connectivity index (χ1n) is 11.0. The van der Waals surface area contributed by atoms with E-state index >= 15 is 0 Å². The molecule has 9 aliphatic rings. The monoisotopic (exact) mass is 330 g/mol. The molecule has 1 heterocycles. The fourth-order valence-corrected chi connectivity index (χ4v) is 9.60. The van der Waals surface area contributed by atoms with Crippen molar-refractivity contribution in [1.29, 1.82) is 0 Å². The highest BCUT2D eigenvalue weighted by molar-refractivity contribution is 5.14. The van der Waals surface area contributed by atoms with Crippen LogP contribution in [0.25, 0.3) is 0 Å². The Morgan fingerprint density at radius 1 is 0.417 bits per heavy atom. The van der Waals surface area contributed by atoms with Crippen LogP contribution in [0, 0.1) is 46.3 Å². The predicted molar refractivity (Wildman–Crippen MR) is 93.1 cm³/mol. The molecule has 0 amide bonds. The molecule has 8 bridgehead atoms. The second kappa shape index (κ2) is 5.22. The maximum Gasteiger partial charge on any atom is 0.109 e. The van der Waals surface area contributed by atoms with Crippen molar-refractivity contribution in [3.63, 3.8) is 0 Å².